The van der Waals surface area contributed by atoms with Crippen molar-refractivity contribution in [3.8, 4) is 0 Å². The maximum atomic E-state index is 8.74. The summed E-state index contributed by atoms with van der Waals surface area (Å²) in [4.78, 5) is 8.56. The van der Waals surface area contributed by atoms with Crippen LogP contribution in [0.5, 0.6) is 0 Å². The zero-order valence-corrected chi connectivity index (χ0v) is 11.6. The fourth-order valence-electron chi connectivity index (χ4n) is 0. The van der Waals surface area contributed by atoms with Gasteiger partial charge in [0, 0.05) is 0 Å². The van der Waals surface area contributed by atoms with Gasteiger partial charge in [0.15, 0.2) is 0 Å². The van der Waals surface area contributed by atoms with Crippen molar-refractivity contribution in [1.29, 1.82) is 0 Å². The van der Waals surface area contributed by atoms with Crippen molar-refractivity contribution >= 4 is 92.0 Å². The molecule has 0 bridgehead atoms. The predicted molar refractivity (Wildman–Crippen MR) is 48.0 cm³/mol. The molecule has 0 aromatic heterocycles. The molecule has 0 saturated carbocycles. The Kier molecular flexibility index (Phi) is 53.9. The molecule has 80 valence electrons. The third-order valence-electron chi connectivity index (χ3n) is 0. The summed E-state index contributed by atoms with van der Waals surface area (Å²) >= 11 is 0. The van der Waals surface area contributed by atoms with E-state index in [9.17, 15) is 0 Å². The Hall–Kier alpha value is 1.58. The average molecular weight is 280 g/mol. The Morgan fingerprint density at radius 1 is 1.00 bits per heavy atom. The topological polar surface area (TPSA) is 195 Å². The molecule has 8 N–H and O–H groups in total. The maximum absolute atomic E-state index is 8.74. The van der Waals surface area contributed by atoms with Crippen LogP contribution in [0.2, 0.25) is 0 Å². The second-order valence-corrected chi connectivity index (χ2v) is 1.63. The molecule has 0 aliphatic heterocycles. The van der Waals surface area contributed by atoms with E-state index in [1.54, 1.807) is 0 Å². The maximum Gasteiger partial charge on any atom is 2.00 e. The quantitative estimate of drug-likeness (QED) is 0.280. The summed E-state index contributed by atoms with van der Waals surface area (Å²) in [5.74, 6) is 0. The second kappa shape index (κ2) is 19.2. The summed E-state index contributed by atoms with van der Waals surface area (Å²) in [6, 6.07) is 0. The van der Waals surface area contributed by atoms with E-state index in [0.717, 1.165) is 0 Å². The standard InChI is InChI=1S/CH2O3.2Ca.H2O4S.2H2O.4H/c2-1(3)4;;;1-5(2,3)4;;;;;;/h(H2,2,3,4);;;(H2,1,2,3,4);2*1H2;;;;/q;2*+2;;;;4*-1. The number of carbonyl (C=O) groups is 1. The van der Waals surface area contributed by atoms with Gasteiger partial charge in [-0.25, -0.2) is 4.79 Å². The third kappa shape index (κ3) is 730. The van der Waals surface area contributed by atoms with Crippen molar-refractivity contribution in [2.75, 3.05) is 0 Å². The van der Waals surface area contributed by atoms with Gasteiger partial charge in [-0.05, 0) is 0 Å². The van der Waals surface area contributed by atoms with E-state index in [0.29, 0.717) is 0 Å². The van der Waals surface area contributed by atoms with Crippen LogP contribution in [0.3, 0.4) is 0 Å². The van der Waals surface area contributed by atoms with Crippen LogP contribution in [0.4, 0.5) is 4.79 Å². The molecular formula is CH12Ca2O9S. The summed E-state index contributed by atoms with van der Waals surface area (Å²) in [5, 5.41) is 13.9. The molecule has 12 heteroatoms. The van der Waals surface area contributed by atoms with Crippen LogP contribution in [-0.4, -0.2) is 120 Å². The molecule has 0 spiro atoms. The molecular weight excluding hydrogens is 268 g/mol. The van der Waals surface area contributed by atoms with E-state index in [2.05, 4.69) is 0 Å². The zero-order valence-electron chi connectivity index (χ0n) is 10.3. The number of carboxylic acid groups (broad SMARTS) is 2. The van der Waals surface area contributed by atoms with Crippen molar-refractivity contribution in [2.45, 2.75) is 0 Å². The summed E-state index contributed by atoms with van der Waals surface area (Å²) in [7, 11) is -4.67. The second-order valence-electron chi connectivity index (χ2n) is 0.730. The van der Waals surface area contributed by atoms with Crippen LogP contribution in [-0.2, 0) is 10.4 Å². The van der Waals surface area contributed by atoms with E-state index in [1.807, 2.05) is 0 Å². The van der Waals surface area contributed by atoms with Crippen LogP contribution in [0.25, 0.3) is 0 Å². The van der Waals surface area contributed by atoms with Crippen LogP contribution in [0.15, 0.2) is 0 Å². The summed E-state index contributed by atoms with van der Waals surface area (Å²) < 4.78 is 31.6. The van der Waals surface area contributed by atoms with Crippen molar-refractivity contribution < 1.29 is 49.2 Å². The zero-order chi connectivity index (χ0) is 8.08. The Labute approximate surface area is 139 Å². The largest absolute Gasteiger partial charge is 2.00 e. The molecule has 0 fully saturated rings. The van der Waals surface area contributed by atoms with Crippen molar-refractivity contribution in [2.24, 2.45) is 0 Å². The SMILES string of the molecule is O.O.O=C(O)O.O=S(=O)(O)O.[Ca+2].[Ca+2].[H-].[H-].[H-].[H-]. The van der Waals surface area contributed by atoms with Gasteiger partial charge >= 0.3 is 92.0 Å². The minimum atomic E-state index is -4.67. The van der Waals surface area contributed by atoms with Crippen molar-refractivity contribution in [3.63, 3.8) is 0 Å². The van der Waals surface area contributed by atoms with Gasteiger partial charge in [-0.15, -0.1) is 0 Å². The van der Waals surface area contributed by atoms with Gasteiger partial charge in [-0.2, -0.15) is 8.42 Å². The fourth-order valence-corrected chi connectivity index (χ4v) is 0. The Balaban J connectivity index is -0.00000000494. The van der Waals surface area contributed by atoms with Gasteiger partial charge in [0.25, 0.3) is 0 Å². The summed E-state index contributed by atoms with van der Waals surface area (Å²) in [6.45, 7) is 0. The number of rotatable bonds is 0. The molecule has 0 heterocycles. The van der Waals surface area contributed by atoms with Crippen LogP contribution >= 0.6 is 0 Å². The molecule has 0 saturated heterocycles. The van der Waals surface area contributed by atoms with Gasteiger partial charge in [-0.1, -0.05) is 0 Å². The van der Waals surface area contributed by atoms with E-state index in [-0.39, 0.29) is 92.1 Å². The number of hydrogen-bond acceptors (Lipinski definition) is 3. The molecule has 0 aromatic rings. The Morgan fingerprint density at radius 3 is 1.00 bits per heavy atom. The average Bonchev–Trinajstić information content (AvgIpc) is 1.19. The molecule has 0 rings (SSSR count). The van der Waals surface area contributed by atoms with Crippen LogP contribution in [0, 0.1) is 0 Å². The van der Waals surface area contributed by atoms with Crippen LogP contribution in [0.1, 0.15) is 5.71 Å². The molecule has 13 heavy (non-hydrogen) atoms. The molecule has 0 unspecified atom stereocenters. The van der Waals surface area contributed by atoms with Gasteiger partial charge in [0.2, 0.25) is 0 Å². The minimum absolute atomic E-state index is 0. The Bertz CT molecular complexity index is 173. The minimum Gasteiger partial charge on any atom is -1.00 e. The molecule has 0 aliphatic rings. The first kappa shape index (κ1) is 36.5. The molecule has 0 radical (unpaired) electrons. The van der Waals surface area contributed by atoms with Crippen molar-refractivity contribution in [3.05, 3.63) is 0 Å². The normalized spacial score (nSPS) is 6.31. The third-order valence-corrected chi connectivity index (χ3v) is 0. The Morgan fingerprint density at radius 2 is 1.00 bits per heavy atom. The first-order valence-electron chi connectivity index (χ1n) is 1.35. The van der Waals surface area contributed by atoms with E-state index in [1.165, 1.54) is 0 Å². The van der Waals surface area contributed by atoms with Gasteiger partial charge in [0.05, 0.1) is 0 Å². The van der Waals surface area contributed by atoms with Gasteiger partial charge in [-0.3, -0.25) is 9.11 Å². The first-order chi connectivity index (χ1) is 3.73. The van der Waals surface area contributed by atoms with Crippen molar-refractivity contribution in [1.82, 2.24) is 0 Å². The predicted octanol–water partition coefficient (Wildman–Crippen LogP) is -2.39. The molecule has 0 atom stereocenters. The summed E-state index contributed by atoms with van der Waals surface area (Å²) in [5.41, 5.74) is 0. The van der Waals surface area contributed by atoms with Crippen LogP contribution < -0.4 is 0 Å². The van der Waals surface area contributed by atoms with E-state index in [4.69, 9.17) is 32.5 Å². The molecule has 9 nitrogen and oxygen atoms in total. The number of hydrogen-bond donors (Lipinski definition) is 4. The fraction of sp³-hybridized carbons (Fsp3) is 0. The molecule has 0 aliphatic carbocycles. The van der Waals surface area contributed by atoms with E-state index < -0.39 is 16.6 Å². The molecule has 0 amide bonds. The molecule has 0 aromatic carbocycles. The van der Waals surface area contributed by atoms with Gasteiger partial charge in [0.1, 0.15) is 0 Å². The summed E-state index contributed by atoms with van der Waals surface area (Å²) in [6.07, 6.45) is -1.83. The first-order valence-corrected chi connectivity index (χ1v) is 2.75. The monoisotopic (exact) mass is 280 g/mol. The van der Waals surface area contributed by atoms with E-state index >= 15 is 0 Å². The van der Waals surface area contributed by atoms with Gasteiger partial charge < -0.3 is 26.9 Å². The smallest absolute Gasteiger partial charge is 1.00 e.